The molecule has 0 radical (unpaired) electrons. The maximum Gasteiger partial charge on any atom is 0.242 e. The molecule has 1 atom stereocenters. The van der Waals surface area contributed by atoms with Crippen LogP contribution in [0.15, 0.2) is 36.8 Å². The van der Waals surface area contributed by atoms with Gasteiger partial charge in [0.1, 0.15) is 5.82 Å². The van der Waals surface area contributed by atoms with Crippen molar-refractivity contribution in [2.75, 3.05) is 12.0 Å². The first-order valence-corrected chi connectivity index (χ1v) is 11.1. The molecule has 3 heterocycles. The highest BCUT2D eigenvalue weighted by Gasteiger charge is 2.46. The van der Waals surface area contributed by atoms with Crippen molar-refractivity contribution < 1.29 is 9.18 Å². The average Bonchev–Trinajstić information content (AvgIpc) is 3.18. The Balaban J connectivity index is 1.36. The molecule has 1 aliphatic carbocycles. The zero-order valence-corrected chi connectivity index (χ0v) is 17.8. The summed E-state index contributed by atoms with van der Waals surface area (Å²) in [5.41, 5.74) is 3.02. The molecule has 2 N–H and O–H groups in total. The van der Waals surface area contributed by atoms with Crippen LogP contribution in [0.3, 0.4) is 0 Å². The predicted molar refractivity (Wildman–Crippen MR) is 120 cm³/mol. The number of hydrogen-bond acceptors (Lipinski definition) is 4. The van der Waals surface area contributed by atoms with E-state index in [-0.39, 0.29) is 17.5 Å². The van der Waals surface area contributed by atoms with Gasteiger partial charge in [0.25, 0.3) is 0 Å². The molecule has 3 aromatic rings. The number of halogens is 1. The molecule has 7 heteroatoms. The van der Waals surface area contributed by atoms with Crippen molar-refractivity contribution in [2.45, 2.75) is 56.5 Å². The summed E-state index contributed by atoms with van der Waals surface area (Å²) >= 11 is 0. The Bertz CT molecular complexity index is 1110. The summed E-state index contributed by atoms with van der Waals surface area (Å²) in [6, 6.07) is 5.76. The van der Waals surface area contributed by atoms with Crippen LogP contribution >= 0.6 is 0 Å². The second-order valence-electron chi connectivity index (χ2n) is 9.00. The molecule has 6 nitrogen and oxygen atoms in total. The Morgan fingerprint density at radius 2 is 2.03 bits per heavy atom. The molecular weight excluding hydrogens is 393 g/mol. The van der Waals surface area contributed by atoms with Gasteiger partial charge in [-0.15, -0.1) is 0 Å². The minimum atomic E-state index is -0.420. The highest BCUT2D eigenvalue weighted by atomic mass is 19.1. The van der Waals surface area contributed by atoms with Crippen LogP contribution in [-0.2, 0) is 18.3 Å². The maximum absolute atomic E-state index is 13.1. The summed E-state index contributed by atoms with van der Waals surface area (Å²) in [4.78, 5) is 17.2. The Morgan fingerprint density at radius 3 is 2.74 bits per heavy atom. The van der Waals surface area contributed by atoms with Gasteiger partial charge in [0.15, 0.2) is 0 Å². The van der Waals surface area contributed by atoms with Crippen molar-refractivity contribution in [2.24, 2.45) is 7.05 Å². The lowest BCUT2D eigenvalue weighted by atomic mass is 9.71. The number of aryl methyl sites for hydroxylation is 2. The van der Waals surface area contributed by atoms with Crippen LogP contribution in [0.4, 0.5) is 10.2 Å². The van der Waals surface area contributed by atoms with Gasteiger partial charge in [0, 0.05) is 42.4 Å². The van der Waals surface area contributed by atoms with Gasteiger partial charge >= 0.3 is 0 Å². The number of hydrogen-bond donors (Lipinski definition) is 2. The van der Waals surface area contributed by atoms with Crippen molar-refractivity contribution in [1.82, 2.24) is 20.1 Å². The highest BCUT2D eigenvalue weighted by molar-refractivity contribution is 5.97. The highest BCUT2D eigenvalue weighted by Crippen LogP contribution is 2.39. The zero-order chi connectivity index (χ0) is 21.4. The van der Waals surface area contributed by atoms with E-state index in [0.29, 0.717) is 12.2 Å². The van der Waals surface area contributed by atoms with Gasteiger partial charge in [0.2, 0.25) is 5.91 Å². The van der Waals surface area contributed by atoms with Crippen LogP contribution < -0.4 is 10.6 Å². The molecule has 1 spiro atoms. The Labute approximate surface area is 181 Å². The second-order valence-corrected chi connectivity index (χ2v) is 9.00. The first-order chi connectivity index (χ1) is 15.0. The molecular formula is C24H28FN5O. The van der Waals surface area contributed by atoms with Crippen LogP contribution in [0.2, 0.25) is 0 Å². The van der Waals surface area contributed by atoms with Crippen molar-refractivity contribution >= 4 is 22.5 Å². The molecule has 2 aliphatic rings. The lowest BCUT2D eigenvalue weighted by Gasteiger charge is -2.50. The fourth-order valence-electron chi connectivity index (χ4n) is 5.13. The van der Waals surface area contributed by atoms with E-state index in [1.54, 1.807) is 17.1 Å². The fourth-order valence-corrected chi connectivity index (χ4v) is 5.13. The Hall–Kier alpha value is -2.80. The minimum absolute atomic E-state index is 0.0235. The van der Waals surface area contributed by atoms with E-state index >= 15 is 0 Å². The Kier molecular flexibility index (Phi) is 5.22. The summed E-state index contributed by atoms with van der Waals surface area (Å²) in [6.45, 7) is -0.420. The number of rotatable bonds is 5. The largest absolute Gasteiger partial charge is 0.309 e. The molecule has 1 amide bonds. The van der Waals surface area contributed by atoms with Crippen molar-refractivity contribution in [3.8, 4) is 11.1 Å². The lowest BCUT2D eigenvalue weighted by Crippen LogP contribution is -2.67. The summed E-state index contributed by atoms with van der Waals surface area (Å²) in [5, 5.41) is 12.6. The third-order valence-corrected chi connectivity index (χ3v) is 6.78. The SMILES string of the molecule is Cn1cc(-c2cc3cc(NC(=O)C4CC5(CCCCC5)N4)ncc3cc2CCF)cn1. The third-order valence-electron chi connectivity index (χ3n) is 6.78. The standard InChI is InChI=1S/C24H28FN5O/c1-30-15-19(14-27-30)20-10-17-11-22(26-13-18(17)9-16(20)5-8-25)28-23(31)21-12-24(29-21)6-3-2-4-7-24/h9-11,13-15,21,29H,2-8,12H2,1H3,(H,26,28,31). The lowest BCUT2D eigenvalue weighted by molar-refractivity contribution is -0.123. The van der Waals surface area contributed by atoms with E-state index < -0.39 is 6.67 Å². The normalized spacial score (nSPS) is 20.0. The van der Waals surface area contributed by atoms with Gasteiger partial charge in [-0.05, 0) is 54.0 Å². The molecule has 1 unspecified atom stereocenters. The predicted octanol–water partition coefficient (Wildman–Crippen LogP) is 4.15. The van der Waals surface area contributed by atoms with Crippen LogP contribution in [0, 0.1) is 0 Å². The average molecular weight is 422 g/mol. The molecule has 0 bridgehead atoms. The molecule has 1 aromatic carbocycles. The number of pyridine rings is 1. The van der Waals surface area contributed by atoms with Crippen molar-refractivity contribution in [3.63, 3.8) is 0 Å². The molecule has 2 fully saturated rings. The van der Waals surface area contributed by atoms with E-state index in [0.717, 1.165) is 33.9 Å². The quantitative estimate of drug-likeness (QED) is 0.649. The summed E-state index contributed by atoms with van der Waals surface area (Å²) in [7, 11) is 1.86. The van der Waals surface area contributed by atoms with Gasteiger partial charge in [-0.2, -0.15) is 5.10 Å². The van der Waals surface area contributed by atoms with Crippen LogP contribution in [0.5, 0.6) is 0 Å². The number of nitrogens with one attached hydrogen (secondary N) is 2. The second kappa shape index (κ2) is 8.04. The maximum atomic E-state index is 13.1. The number of benzene rings is 1. The number of aromatic nitrogens is 3. The number of fused-ring (bicyclic) bond motifs is 1. The molecule has 1 saturated carbocycles. The fraction of sp³-hybridized carbons (Fsp3) is 0.458. The first-order valence-electron chi connectivity index (χ1n) is 11.1. The van der Waals surface area contributed by atoms with E-state index in [9.17, 15) is 9.18 Å². The summed E-state index contributed by atoms with van der Waals surface area (Å²) in [6.07, 6.45) is 12.8. The zero-order valence-electron chi connectivity index (χ0n) is 17.8. The Morgan fingerprint density at radius 1 is 1.23 bits per heavy atom. The number of carbonyl (C=O) groups excluding carboxylic acids is 1. The van der Waals surface area contributed by atoms with Gasteiger partial charge in [-0.25, -0.2) is 4.98 Å². The minimum Gasteiger partial charge on any atom is -0.309 e. The molecule has 31 heavy (non-hydrogen) atoms. The number of alkyl halides is 1. The number of nitrogens with zero attached hydrogens (tertiary/aromatic N) is 3. The number of amides is 1. The van der Waals surface area contributed by atoms with Crippen molar-refractivity contribution in [1.29, 1.82) is 0 Å². The monoisotopic (exact) mass is 421 g/mol. The van der Waals surface area contributed by atoms with E-state index in [2.05, 4.69) is 20.7 Å². The smallest absolute Gasteiger partial charge is 0.242 e. The number of carbonyl (C=O) groups is 1. The van der Waals surface area contributed by atoms with Crippen LogP contribution in [-0.4, -0.2) is 38.9 Å². The van der Waals surface area contributed by atoms with Crippen LogP contribution in [0.25, 0.3) is 21.9 Å². The van der Waals surface area contributed by atoms with Gasteiger partial charge in [-0.1, -0.05) is 19.3 Å². The molecule has 5 rings (SSSR count). The molecule has 1 aliphatic heterocycles. The number of anilines is 1. The van der Waals surface area contributed by atoms with Crippen LogP contribution in [0.1, 0.15) is 44.1 Å². The third kappa shape index (κ3) is 3.94. The van der Waals surface area contributed by atoms with Gasteiger partial charge in [-0.3, -0.25) is 13.9 Å². The van der Waals surface area contributed by atoms with E-state index in [1.165, 1.54) is 32.1 Å². The summed E-state index contributed by atoms with van der Waals surface area (Å²) < 4.78 is 14.9. The van der Waals surface area contributed by atoms with E-state index in [1.807, 2.05) is 31.4 Å². The molecule has 162 valence electrons. The van der Waals surface area contributed by atoms with Gasteiger partial charge in [0.05, 0.1) is 18.9 Å². The summed E-state index contributed by atoms with van der Waals surface area (Å²) in [5.74, 6) is 0.517. The first kappa shape index (κ1) is 20.1. The topological polar surface area (TPSA) is 71.8 Å². The molecule has 1 saturated heterocycles. The van der Waals surface area contributed by atoms with E-state index in [4.69, 9.17) is 0 Å². The van der Waals surface area contributed by atoms with Gasteiger partial charge < -0.3 is 10.6 Å². The van der Waals surface area contributed by atoms with Crippen molar-refractivity contribution in [3.05, 3.63) is 42.4 Å². The molecule has 2 aromatic heterocycles.